The molecule has 1 aromatic carbocycles. The lowest BCUT2D eigenvalue weighted by Crippen LogP contribution is -2.48. The van der Waals surface area contributed by atoms with E-state index in [1.54, 1.807) is 7.11 Å². The van der Waals surface area contributed by atoms with Gasteiger partial charge < -0.3 is 19.7 Å². The fourth-order valence-corrected chi connectivity index (χ4v) is 4.75. The van der Waals surface area contributed by atoms with E-state index in [0.29, 0.717) is 0 Å². The SMILES string of the molecule is COc1ccc2c(c1)[C@@H](N[S@@+]([O-])C(C)(C)C)C1(CCNCC1)C2.O=C(O)C(F)(F)F. The number of rotatable bonds is 3. The molecule has 30 heavy (non-hydrogen) atoms. The molecule has 0 amide bonds. The first-order valence-electron chi connectivity index (χ1n) is 9.66. The number of nitrogens with one attached hydrogen (secondary N) is 2. The summed E-state index contributed by atoms with van der Waals surface area (Å²) in [6.07, 6.45) is -1.79. The van der Waals surface area contributed by atoms with Crippen molar-refractivity contribution in [2.75, 3.05) is 20.2 Å². The molecule has 3 N–H and O–H groups in total. The van der Waals surface area contributed by atoms with Crippen LogP contribution in [0.4, 0.5) is 13.2 Å². The Morgan fingerprint density at radius 3 is 2.33 bits per heavy atom. The van der Waals surface area contributed by atoms with Crippen LogP contribution < -0.4 is 14.8 Å². The summed E-state index contributed by atoms with van der Waals surface area (Å²) in [5.41, 5.74) is 2.81. The Morgan fingerprint density at radius 2 is 1.87 bits per heavy atom. The molecule has 10 heteroatoms. The molecule has 170 valence electrons. The first-order valence-corrected chi connectivity index (χ1v) is 10.8. The number of fused-ring (bicyclic) bond motifs is 1. The lowest BCUT2D eigenvalue weighted by atomic mass is 9.73. The number of ether oxygens (including phenoxy) is 1. The molecular formula is C20H29F3N2O4S. The molecule has 2 atom stereocenters. The van der Waals surface area contributed by atoms with Crippen molar-refractivity contribution in [3.63, 3.8) is 0 Å². The van der Waals surface area contributed by atoms with Crippen LogP contribution in [0.2, 0.25) is 0 Å². The zero-order valence-electron chi connectivity index (χ0n) is 17.6. The number of piperidine rings is 1. The molecule has 1 aromatic rings. The molecule has 1 aliphatic heterocycles. The number of halogens is 3. The Bertz CT molecular complexity index is 747. The third kappa shape index (κ3) is 5.81. The predicted octanol–water partition coefficient (Wildman–Crippen LogP) is 3.35. The van der Waals surface area contributed by atoms with Gasteiger partial charge in [-0.15, -0.1) is 4.72 Å². The molecule has 0 saturated carbocycles. The second-order valence-electron chi connectivity index (χ2n) is 8.59. The largest absolute Gasteiger partial charge is 0.598 e. The van der Waals surface area contributed by atoms with Crippen LogP contribution in [0.25, 0.3) is 0 Å². The van der Waals surface area contributed by atoms with E-state index in [-0.39, 0.29) is 16.2 Å². The van der Waals surface area contributed by atoms with E-state index in [4.69, 9.17) is 14.6 Å². The van der Waals surface area contributed by atoms with E-state index in [9.17, 15) is 17.7 Å². The minimum atomic E-state index is -5.08. The molecule has 0 aromatic heterocycles. The monoisotopic (exact) mass is 450 g/mol. The first kappa shape index (κ1) is 24.8. The average molecular weight is 451 g/mol. The van der Waals surface area contributed by atoms with Crippen LogP contribution in [0.15, 0.2) is 18.2 Å². The maximum atomic E-state index is 12.8. The van der Waals surface area contributed by atoms with Gasteiger partial charge in [0.1, 0.15) is 10.5 Å². The zero-order valence-corrected chi connectivity index (χ0v) is 18.4. The van der Waals surface area contributed by atoms with E-state index in [1.165, 1.54) is 11.1 Å². The topological polar surface area (TPSA) is 93.6 Å². The van der Waals surface area contributed by atoms with Crippen molar-refractivity contribution in [1.29, 1.82) is 0 Å². The van der Waals surface area contributed by atoms with Gasteiger partial charge in [0, 0.05) is 16.8 Å². The first-order chi connectivity index (χ1) is 13.8. The number of hydrogen-bond donors (Lipinski definition) is 3. The number of carboxylic acids is 1. The highest BCUT2D eigenvalue weighted by molar-refractivity contribution is 7.90. The predicted molar refractivity (Wildman–Crippen MR) is 109 cm³/mol. The lowest BCUT2D eigenvalue weighted by Gasteiger charge is -2.40. The van der Waals surface area contributed by atoms with Crippen LogP contribution in [0.3, 0.4) is 0 Å². The second-order valence-corrected chi connectivity index (χ2v) is 10.6. The van der Waals surface area contributed by atoms with E-state index in [0.717, 1.165) is 38.1 Å². The van der Waals surface area contributed by atoms with Gasteiger partial charge in [0.05, 0.1) is 13.2 Å². The van der Waals surface area contributed by atoms with Crippen LogP contribution in [0.5, 0.6) is 5.75 Å². The lowest BCUT2D eigenvalue weighted by molar-refractivity contribution is -0.192. The van der Waals surface area contributed by atoms with Crippen molar-refractivity contribution >= 4 is 17.3 Å². The maximum absolute atomic E-state index is 12.8. The quantitative estimate of drug-likeness (QED) is 0.612. The molecular weight excluding hydrogens is 421 g/mol. The fraction of sp³-hybridized carbons (Fsp3) is 0.650. The van der Waals surface area contributed by atoms with Crippen LogP contribution in [0, 0.1) is 5.41 Å². The highest BCUT2D eigenvalue weighted by Crippen LogP contribution is 2.52. The normalized spacial score (nSPS) is 21.4. The van der Waals surface area contributed by atoms with Gasteiger partial charge in [-0.2, -0.15) is 13.2 Å². The highest BCUT2D eigenvalue weighted by atomic mass is 32.2. The molecule has 0 bridgehead atoms. The van der Waals surface area contributed by atoms with E-state index in [1.807, 2.05) is 26.8 Å². The molecule has 1 heterocycles. The van der Waals surface area contributed by atoms with Gasteiger partial charge in [-0.3, -0.25) is 0 Å². The van der Waals surface area contributed by atoms with Gasteiger partial charge in [0.25, 0.3) is 0 Å². The van der Waals surface area contributed by atoms with Crippen molar-refractivity contribution in [3.05, 3.63) is 29.3 Å². The highest BCUT2D eigenvalue weighted by Gasteiger charge is 2.49. The summed E-state index contributed by atoms with van der Waals surface area (Å²) in [4.78, 5) is 8.90. The minimum Gasteiger partial charge on any atom is -0.598 e. The zero-order chi connectivity index (χ0) is 22.7. The number of benzene rings is 1. The van der Waals surface area contributed by atoms with Gasteiger partial charge in [-0.1, -0.05) is 6.07 Å². The van der Waals surface area contributed by atoms with Crippen LogP contribution in [0.1, 0.15) is 50.8 Å². The molecule has 0 unspecified atom stereocenters. The number of carbonyl (C=O) groups is 1. The molecule has 1 aliphatic carbocycles. The third-order valence-corrected chi connectivity index (χ3v) is 7.00. The summed E-state index contributed by atoms with van der Waals surface area (Å²) in [6, 6.07) is 6.48. The van der Waals surface area contributed by atoms with Gasteiger partial charge >= 0.3 is 12.1 Å². The number of hydrogen-bond acceptors (Lipinski definition) is 5. The van der Waals surface area contributed by atoms with E-state index >= 15 is 0 Å². The summed E-state index contributed by atoms with van der Waals surface area (Å²) in [6.45, 7) is 8.13. The molecule has 3 rings (SSSR count). The summed E-state index contributed by atoms with van der Waals surface area (Å²) in [5.74, 6) is -1.88. The summed E-state index contributed by atoms with van der Waals surface area (Å²) in [7, 11) is 1.70. The summed E-state index contributed by atoms with van der Waals surface area (Å²) in [5, 5.41) is 10.6. The number of alkyl halides is 3. The molecule has 2 aliphatic rings. The van der Waals surface area contributed by atoms with Crippen molar-refractivity contribution in [3.8, 4) is 5.75 Å². The summed E-state index contributed by atoms with van der Waals surface area (Å²) >= 11 is -1.08. The number of methoxy groups -OCH3 is 1. The Hall–Kier alpha value is -1.49. The minimum absolute atomic E-state index is 0.134. The van der Waals surface area contributed by atoms with Gasteiger partial charge in [-0.25, -0.2) is 4.79 Å². The van der Waals surface area contributed by atoms with Crippen molar-refractivity contribution in [2.24, 2.45) is 5.41 Å². The van der Waals surface area contributed by atoms with Crippen LogP contribution >= 0.6 is 0 Å². The third-order valence-electron chi connectivity index (χ3n) is 5.44. The van der Waals surface area contributed by atoms with Gasteiger partial charge in [0.15, 0.2) is 0 Å². The molecule has 1 fully saturated rings. The fourth-order valence-electron chi connectivity index (χ4n) is 3.80. The van der Waals surface area contributed by atoms with E-state index < -0.39 is 23.5 Å². The van der Waals surface area contributed by atoms with E-state index in [2.05, 4.69) is 22.2 Å². The molecule has 6 nitrogen and oxygen atoms in total. The Labute approximate surface area is 177 Å². The van der Waals surface area contributed by atoms with Gasteiger partial charge in [0.2, 0.25) is 0 Å². The average Bonchev–Trinajstić information content (AvgIpc) is 2.93. The van der Waals surface area contributed by atoms with Crippen LogP contribution in [-0.2, 0) is 22.6 Å². The van der Waals surface area contributed by atoms with Crippen molar-refractivity contribution < 1.29 is 32.4 Å². The number of carboxylic acid groups (broad SMARTS) is 1. The second kappa shape index (κ2) is 9.33. The molecule has 1 spiro atoms. The Kier molecular flexibility index (Phi) is 7.71. The standard InChI is InChI=1S/C18H28N2O2S.C2HF3O2/c1-17(2,3)23(21)20-16-15-11-14(22-4)6-5-13(15)12-18(16)7-9-19-10-8-18;3-2(4,5)1(6)7/h5-6,11,16,19-20H,7-10,12H2,1-4H3;(H,6,7)/t16-,23+;/m1./s1. The van der Waals surface area contributed by atoms with Crippen LogP contribution in [-0.4, -0.2) is 46.8 Å². The van der Waals surface area contributed by atoms with Crippen molar-refractivity contribution in [1.82, 2.24) is 10.0 Å². The Morgan fingerprint density at radius 1 is 1.30 bits per heavy atom. The smallest absolute Gasteiger partial charge is 0.490 e. The number of aliphatic carboxylic acids is 1. The van der Waals surface area contributed by atoms with Crippen molar-refractivity contribution in [2.45, 2.75) is 57.0 Å². The van der Waals surface area contributed by atoms with Gasteiger partial charge in [-0.05, 0) is 76.4 Å². The Balaban J connectivity index is 0.000000396. The molecule has 1 saturated heterocycles. The molecule has 0 radical (unpaired) electrons. The summed E-state index contributed by atoms with van der Waals surface area (Å²) < 4.78 is 53.1. The maximum Gasteiger partial charge on any atom is 0.490 e.